The van der Waals surface area contributed by atoms with Crippen LogP contribution >= 0.6 is 0 Å². The number of rotatable bonds is 65. The Morgan fingerprint density at radius 2 is 0.687 bits per heavy atom. The molecule has 0 radical (unpaired) electrons. The summed E-state index contributed by atoms with van der Waals surface area (Å²) in [5.41, 5.74) is 0. The second-order valence-corrected chi connectivity index (χ2v) is 24.8. The van der Waals surface area contributed by atoms with Crippen molar-refractivity contribution < 1.29 is 42.9 Å². The first kappa shape index (κ1) is 79.7. The topological polar surface area (TPSA) is 108 Å². The maximum Gasteiger partial charge on any atom is 0.361 e. The first-order chi connectivity index (χ1) is 40.6. The van der Waals surface area contributed by atoms with Crippen LogP contribution in [0, 0.1) is 0 Å². The summed E-state index contributed by atoms with van der Waals surface area (Å²) in [6, 6.07) is 0. The number of carbonyl (C=O) groups is 3. The maximum atomic E-state index is 12.9. The quantitative estimate of drug-likeness (QED) is 0.0211. The summed E-state index contributed by atoms with van der Waals surface area (Å²) in [4.78, 5) is 37.6. The number of quaternary nitrogens is 1. The van der Waals surface area contributed by atoms with Crippen LogP contribution in [0.2, 0.25) is 0 Å². The summed E-state index contributed by atoms with van der Waals surface area (Å²) in [6.07, 6.45) is 83.0. The van der Waals surface area contributed by atoms with E-state index in [2.05, 4.69) is 86.8 Å². The number of hydrogen-bond acceptors (Lipinski definition) is 7. The van der Waals surface area contributed by atoms with Gasteiger partial charge < -0.3 is 28.5 Å². The van der Waals surface area contributed by atoms with E-state index < -0.39 is 24.3 Å². The molecule has 0 aliphatic heterocycles. The van der Waals surface area contributed by atoms with Gasteiger partial charge in [0, 0.05) is 12.8 Å². The van der Waals surface area contributed by atoms with Crippen LogP contribution in [0.25, 0.3) is 0 Å². The molecule has 0 aromatic rings. The number of carboxylic acids is 1. The van der Waals surface area contributed by atoms with Gasteiger partial charge in [-0.25, -0.2) is 4.79 Å². The Labute approximate surface area is 513 Å². The van der Waals surface area contributed by atoms with E-state index in [9.17, 15) is 19.5 Å². The molecular weight excluding hydrogens is 1030 g/mol. The van der Waals surface area contributed by atoms with Gasteiger partial charge in [-0.1, -0.05) is 299 Å². The van der Waals surface area contributed by atoms with E-state index in [1.165, 1.54) is 225 Å². The van der Waals surface area contributed by atoms with Crippen molar-refractivity contribution >= 4 is 17.9 Å². The third-order valence-corrected chi connectivity index (χ3v) is 15.4. The zero-order valence-electron chi connectivity index (χ0n) is 55.1. The molecule has 482 valence electrons. The molecule has 0 spiro atoms. The SMILES string of the molecule is CC/C=C\C/C=C\C/C=C\C/C=C\CCCCCCCCCCCCCCCCCCC(=O)OC(COC(=O)CCCCCCCCCCCCCCCCCCC/C=C\C/C=C\CCCCCCC)COC(OCC[N+](C)(C)C)C(=O)O. The standard InChI is InChI=1S/C74H133NO8/c1-6-8-10-12-14-16-18-20-22-24-26-28-30-32-34-36-38-40-42-44-46-48-50-52-54-56-58-60-62-64-71(76)81-68-70(69-82-74(73(78)79)80-67-66-75(3,4)5)83-72(77)65-63-61-59-57-55-53-51-49-47-45-43-41-39-37-35-33-31-29-27-25-23-21-19-17-15-13-11-9-7-2/h9,11,15,17-18,20-21,23-24,26-27,29,70,74H,6-8,10,12-14,16,19,22,25,28,30-69H2,1-5H3/p+1/b11-9-,17-15-,20-18-,23-21-,26-24-,29-27-. The Hall–Kier alpha value is -3.27. The second-order valence-electron chi connectivity index (χ2n) is 24.8. The molecular formula is C74H134NO8+. The third kappa shape index (κ3) is 66.1. The normalized spacial score (nSPS) is 13.1. The molecule has 0 fully saturated rings. The number of ether oxygens (including phenoxy) is 4. The molecule has 2 unspecified atom stereocenters. The number of unbranched alkanes of at least 4 members (excludes halogenated alkanes) is 38. The largest absolute Gasteiger partial charge is 0.477 e. The van der Waals surface area contributed by atoms with E-state index >= 15 is 0 Å². The van der Waals surface area contributed by atoms with Gasteiger partial charge in [0.05, 0.1) is 34.4 Å². The second kappa shape index (κ2) is 64.7. The minimum absolute atomic E-state index is 0.180. The highest BCUT2D eigenvalue weighted by Crippen LogP contribution is 2.18. The fraction of sp³-hybridized carbons (Fsp3) is 0.797. The van der Waals surface area contributed by atoms with E-state index in [0.29, 0.717) is 17.4 Å². The molecule has 1 N–H and O–H groups in total. The summed E-state index contributed by atoms with van der Waals surface area (Å²) in [5, 5.41) is 9.75. The predicted molar refractivity (Wildman–Crippen MR) is 355 cm³/mol. The summed E-state index contributed by atoms with van der Waals surface area (Å²) >= 11 is 0. The van der Waals surface area contributed by atoms with Crippen LogP contribution in [0.15, 0.2) is 72.9 Å². The molecule has 2 atom stereocenters. The number of aliphatic carboxylic acids is 1. The van der Waals surface area contributed by atoms with Crippen molar-refractivity contribution in [2.75, 3.05) is 47.5 Å². The Morgan fingerprint density at radius 1 is 0.373 bits per heavy atom. The highest BCUT2D eigenvalue weighted by molar-refractivity contribution is 5.71. The fourth-order valence-corrected chi connectivity index (χ4v) is 10.1. The van der Waals surface area contributed by atoms with Gasteiger partial charge in [-0.3, -0.25) is 9.59 Å². The lowest BCUT2D eigenvalue weighted by Crippen LogP contribution is -2.40. The Morgan fingerprint density at radius 3 is 1.02 bits per heavy atom. The highest BCUT2D eigenvalue weighted by Gasteiger charge is 2.25. The molecule has 0 saturated heterocycles. The number of nitrogens with zero attached hydrogens (tertiary/aromatic N) is 1. The highest BCUT2D eigenvalue weighted by atomic mass is 16.7. The van der Waals surface area contributed by atoms with Crippen molar-refractivity contribution in [3.63, 3.8) is 0 Å². The summed E-state index contributed by atoms with van der Waals surface area (Å²) in [5.74, 6) is -1.99. The van der Waals surface area contributed by atoms with Crippen molar-refractivity contribution in [1.82, 2.24) is 0 Å². The molecule has 0 aliphatic carbocycles. The first-order valence-corrected chi connectivity index (χ1v) is 35.1. The average molecular weight is 1170 g/mol. The van der Waals surface area contributed by atoms with Crippen LogP contribution in [0.4, 0.5) is 0 Å². The van der Waals surface area contributed by atoms with E-state index in [4.69, 9.17) is 18.9 Å². The smallest absolute Gasteiger partial charge is 0.361 e. The number of allylic oxidation sites excluding steroid dienone is 12. The Balaban J connectivity index is 4.09. The van der Waals surface area contributed by atoms with Gasteiger partial charge in [0.15, 0.2) is 6.10 Å². The van der Waals surface area contributed by atoms with Crippen molar-refractivity contribution in [2.45, 2.75) is 334 Å². The number of carbonyl (C=O) groups excluding carboxylic acids is 2. The van der Waals surface area contributed by atoms with E-state index in [-0.39, 0.29) is 32.2 Å². The molecule has 0 aromatic carbocycles. The van der Waals surface area contributed by atoms with Gasteiger partial charge in [0.1, 0.15) is 13.2 Å². The third-order valence-electron chi connectivity index (χ3n) is 15.4. The van der Waals surface area contributed by atoms with Crippen LogP contribution in [0.1, 0.15) is 322 Å². The molecule has 0 rings (SSSR count). The molecule has 9 nitrogen and oxygen atoms in total. The molecule has 0 aliphatic rings. The van der Waals surface area contributed by atoms with Gasteiger partial charge >= 0.3 is 17.9 Å². The zero-order chi connectivity index (χ0) is 60.5. The molecule has 0 bridgehead atoms. The number of likely N-dealkylation sites (N-methyl/N-ethyl adjacent to an activating group) is 1. The lowest BCUT2D eigenvalue weighted by atomic mass is 10.0. The molecule has 9 heteroatoms. The van der Waals surface area contributed by atoms with Crippen molar-refractivity contribution in [3.8, 4) is 0 Å². The Kier molecular flexibility index (Phi) is 62.2. The predicted octanol–water partition coefficient (Wildman–Crippen LogP) is 21.7. The molecule has 83 heavy (non-hydrogen) atoms. The number of carboxylic acid groups (broad SMARTS) is 1. The van der Waals surface area contributed by atoms with Crippen LogP contribution in [-0.2, 0) is 33.3 Å². The van der Waals surface area contributed by atoms with Crippen LogP contribution in [0.5, 0.6) is 0 Å². The van der Waals surface area contributed by atoms with Gasteiger partial charge in [-0.05, 0) is 83.5 Å². The minimum Gasteiger partial charge on any atom is -0.477 e. The van der Waals surface area contributed by atoms with Crippen LogP contribution in [-0.4, -0.2) is 87.4 Å². The maximum absolute atomic E-state index is 12.9. The lowest BCUT2D eigenvalue weighted by Gasteiger charge is -2.25. The monoisotopic (exact) mass is 1170 g/mol. The van der Waals surface area contributed by atoms with Crippen molar-refractivity contribution in [1.29, 1.82) is 0 Å². The number of esters is 2. The molecule has 0 saturated carbocycles. The fourth-order valence-electron chi connectivity index (χ4n) is 10.1. The van der Waals surface area contributed by atoms with Gasteiger partial charge in [0.2, 0.25) is 0 Å². The summed E-state index contributed by atoms with van der Waals surface area (Å²) in [6.45, 7) is 4.80. The zero-order valence-corrected chi connectivity index (χ0v) is 55.1. The van der Waals surface area contributed by atoms with Crippen molar-refractivity contribution in [2.24, 2.45) is 0 Å². The first-order valence-electron chi connectivity index (χ1n) is 35.1. The molecule has 0 amide bonds. The Bertz CT molecular complexity index is 1590. The molecule has 0 heterocycles. The van der Waals surface area contributed by atoms with E-state index in [0.717, 1.165) is 70.6 Å². The van der Waals surface area contributed by atoms with E-state index in [1.54, 1.807) is 0 Å². The van der Waals surface area contributed by atoms with Gasteiger partial charge in [0.25, 0.3) is 6.29 Å². The van der Waals surface area contributed by atoms with Gasteiger partial charge in [-0.15, -0.1) is 0 Å². The van der Waals surface area contributed by atoms with E-state index in [1.807, 2.05) is 21.1 Å². The number of hydrogen-bond donors (Lipinski definition) is 1. The van der Waals surface area contributed by atoms with Gasteiger partial charge in [-0.2, -0.15) is 0 Å². The van der Waals surface area contributed by atoms with Crippen molar-refractivity contribution in [3.05, 3.63) is 72.9 Å². The minimum atomic E-state index is -1.51. The molecule has 0 aromatic heterocycles. The summed E-state index contributed by atoms with van der Waals surface area (Å²) in [7, 11) is 5.98. The summed E-state index contributed by atoms with van der Waals surface area (Å²) < 4.78 is 23.0. The lowest BCUT2D eigenvalue weighted by molar-refractivity contribution is -0.870. The van der Waals surface area contributed by atoms with Crippen LogP contribution in [0.3, 0.4) is 0 Å². The van der Waals surface area contributed by atoms with Crippen LogP contribution < -0.4 is 0 Å². The average Bonchev–Trinajstić information content (AvgIpc) is 3.46.